The number of benzene rings is 1. The van der Waals surface area contributed by atoms with Crippen LogP contribution in [0.5, 0.6) is 0 Å². The SMILES string of the molecule is CC(=O)NCCC=Cc1ccc(F)c(C=O)c1F. The van der Waals surface area contributed by atoms with Crippen LogP contribution in [-0.2, 0) is 4.79 Å². The Labute approximate surface area is 104 Å². The molecule has 5 heteroatoms. The van der Waals surface area contributed by atoms with Crippen molar-refractivity contribution in [2.24, 2.45) is 0 Å². The van der Waals surface area contributed by atoms with Crippen LogP contribution in [0.4, 0.5) is 8.78 Å². The predicted octanol–water partition coefficient (Wildman–Crippen LogP) is 2.32. The van der Waals surface area contributed by atoms with Gasteiger partial charge in [0.2, 0.25) is 5.91 Å². The topological polar surface area (TPSA) is 46.2 Å². The van der Waals surface area contributed by atoms with Gasteiger partial charge in [0.15, 0.2) is 6.29 Å². The molecule has 0 saturated carbocycles. The number of carbonyl (C=O) groups excluding carboxylic acids is 2. The molecular formula is C13H13F2NO2. The molecule has 0 saturated heterocycles. The highest BCUT2D eigenvalue weighted by Crippen LogP contribution is 2.16. The number of aldehydes is 1. The first-order valence-corrected chi connectivity index (χ1v) is 5.40. The molecule has 0 aliphatic heterocycles. The molecular weight excluding hydrogens is 240 g/mol. The molecule has 1 amide bonds. The molecule has 1 aromatic rings. The van der Waals surface area contributed by atoms with Gasteiger partial charge in [-0.1, -0.05) is 12.2 Å². The third kappa shape index (κ3) is 3.76. The first-order valence-electron chi connectivity index (χ1n) is 5.40. The first kappa shape index (κ1) is 14.0. The highest BCUT2D eigenvalue weighted by Gasteiger charge is 2.10. The summed E-state index contributed by atoms with van der Waals surface area (Å²) in [6.07, 6.45) is 3.76. The van der Waals surface area contributed by atoms with Gasteiger partial charge in [0.1, 0.15) is 11.6 Å². The van der Waals surface area contributed by atoms with E-state index in [9.17, 15) is 18.4 Å². The number of halogens is 2. The number of rotatable bonds is 5. The number of carbonyl (C=O) groups is 2. The normalized spacial score (nSPS) is 10.6. The summed E-state index contributed by atoms with van der Waals surface area (Å²) >= 11 is 0. The maximum absolute atomic E-state index is 13.6. The summed E-state index contributed by atoms with van der Waals surface area (Å²) in [5, 5.41) is 2.58. The Hall–Kier alpha value is -2.04. The molecule has 96 valence electrons. The van der Waals surface area contributed by atoms with Gasteiger partial charge in [-0.3, -0.25) is 9.59 Å². The molecule has 1 aromatic carbocycles. The molecule has 0 radical (unpaired) electrons. The molecule has 0 fully saturated rings. The lowest BCUT2D eigenvalue weighted by Gasteiger charge is -2.01. The van der Waals surface area contributed by atoms with E-state index in [0.29, 0.717) is 13.0 Å². The monoisotopic (exact) mass is 253 g/mol. The summed E-state index contributed by atoms with van der Waals surface area (Å²) in [7, 11) is 0. The largest absolute Gasteiger partial charge is 0.356 e. The molecule has 0 bridgehead atoms. The fraction of sp³-hybridized carbons (Fsp3) is 0.231. The number of hydrogen-bond donors (Lipinski definition) is 1. The highest BCUT2D eigenvalue weighted by atomic mass is 19.1. The summed E-state index contributed by atoms with van der Waals surface area (Å²) < 4.78 is 26.6. The summed E-state index contributed by atoms with van der Waals surface area (Å²) in [5.74, 6) is -1.89. The standard InChI is InChI=1S/C13H13F2NO2/c1-9(18)16-7-3-2-4-10-5-6-12(14)11(8-17)13(10)15/h2,4-6,8H,3,7H2,1H3,(H,16,18). The van der Waals surface area contributed by atoms with Gasteiger partial charge in [-0.25, -0.2) is 8.78 Å². The van der Waals surface area contributed by atoms with Crippen LogP contribution in [0.3, 0.4) is 0 Å². The van der Waals surface area contributed by atoms with Crippen molar-refractivity contribution in [3.8, 4) is 0 Å². The Morgan fingerprint density at radius 1 is 1.39 bits per heavy atom. The predicted molar refractivity (Wildman–Crippen MR) is 64.1 cm³/mol. The van der Waals surface area contributed by atoms with Crippen molar-refractivity contribution in [1.82, 2.24) is 5.32 Å². The second-order valence-electron chi connectivity index (χ2n) is 3.66. The average Bonchev–Trinajstić information content (AvgIpc) is 2.31. The molecule has 3 nitrogen and oxygen atoms in total. The Balaban J connectivity index is 2.70. The second-order valence-corrected chi connectivity index (χ2v) is 3.66. The fourth-order valence-electron chi connectivity index (χ4n) is 1.36. The van der Waals surface area contributed by atoms with Gasteiger partial charge in [0, 0.05) is 19.0 Å². The minimum Gasteiger partial charge on any atom is -0.356 e. The number of nitrogens with one attached hydrogen (secondary N) is 1. The smallest absolute Gasteiger partial charge is 0.216 e. The maximum atomic E-state index is 13.6. The zero-order chi connectivity index (χ0) is 13.5. The van der Waals surface area contributed by atoms with E-state index in [4.69, 9.17) is 0 Å². The van der Waals surface area contributed by atoms with Crippen molar-refractivity contribution in [1.29, 1.82) is 0 Å². The van der Waals surface area contributed by atoms with Crippen molar-refractivity contribution < 1.29 is 18.4 Å². The van der Waals surface area contributed by atoms with E-state index in [1.807, 2.05) is 0 Å². The third-order valence-corrected chi connectivity index (χ3v) is 2.26. The zero-order valence-corrected chi connectivity index (χ0v) is 9.87. The molecule has 18 heavy (non-hydrogen) atoms. The minimum absolute atomic E-state index is 0.139. The van der Waals surface area contributed by atoms with Crippen LogP contribution in [0.2, 0.25) is 0 Å². The van der Waals surface area contributed by atoms with Gasteiger partial charge >= 0.3 is 0 Å². The maximum Gasteiger partial charge on any atom is 0.216 e. The molecule has 1 N–H and O–H groups in total. The molecule has 0 heterocycles. The second kappa shape index (κ2) is 6.64. The number of amides is 1. The minimum atomic E-state index is -0.877. The van der Waals surface area contributed by atoms with Crippen molar-refractivity contribution in [3.05, 3.63) is 41.0 Å². The van der Waals surface area contributed by atoms with Gasteiger partial charge in [-0.2, -0.15) is 0 Å². The summed E-state index contributed by atoms with van der Waals surface area (Å²) in [6.45, 7) is 1.84. The van der Waals surface area contributed by atoms with Crippen LogP contribution in [0.25, 0.3) is 6.08 Å². The van der Waals surface area contributed by atoms with Gasteiger partial charge in [0.25, 0.3) is 0 Å². The Morgan fingerprint density at radius 2 is 2.11 bits per heavy atom. The van der Waals surface area contributed by atoms with E-state index in [1.54, 1.807) is 6.08 Å². The van der Waals surface area contributed by atoms with Gasteiger partial charge < -0.3 is 5.32 Å². The molecule has 0 atom stereocenters. The molecule has 0 spiro atoms. The summed E-state index contributed by atoms with van der Waals surface area (Å²) in [5.41, 5.74) is -0.430. The lowest BCUT2D eigenvalue weighted by molar-refractivity contribution is -0.118. The van der Waals surface area contributed by atoms with Crippen LogP contribution in [0, 0.1) is 11.6 Å². The zero-order valence-electron chi connectivity index (χ0n) is 9.87. The first-order chi connectivity index (χ1) is 8.56. The van der Waals surface area contributed by atoms with Crippen molar-refractivity contribution in [3.63, 3.8) is 0 Å². The third-order valence-electron chi connectivity index (χ3n) is 2.26. The Morgan fingerprint density at radius 3 is 2.72 bits per heavy atom. The van der Waals surface area contributed by atoms with E-state index in [0.717, 1.165) is 6.07 Å². The molecule has 1 rings (SSSR count). The van der Waals surface area contributed by atoms with Crippen LogP contribution in [-0.4, -0.2) is 18.7 Å². The lowest BCUT2D eigenvalue weighted by atomic mass is 10.1. The van der Waals surface area contributed by atoms with E-state index in [1.165, 1.54) is 19.1 Å². The Bertz CT molecular complexity index is 484. The average molecular weight is 253 g/mol. The number of hydrogen-bond acceptors (Lipinski definition) is 2. The quantitative estimate of drug-likeness (QED) is 0.646. The van der Waals surface area contributed by atoms with E-state index >= 15 is 0 Å². The Kier molecular flexibility index (Phi) is 5.17. The summed E-state index contributed by atoms with van der Waals surface area (Å²) in [6, 6.07) is 2.30. The van der Waals surface area contributed by atoms with E-state index < -0.39 is 17.2 Å². The molecule has 0 unspecified atom stereocenters. The molecule has 0 aliphatic rings. The van der Waals surface area contributed by atoms with Crippen molar-refractivity contribution in [2.75, 3.05) is 6.54 Å². The van der Waals surface area contributed by atoms with Crippen molar-refractivity contribution >= 4 is 18.3 Å². The highest BCUT2D eigenvalue weighted by molar-refractivity contribution is 5.77. The lowest BCUT2D eigenvalue weighted by Crippen LogP contribution is -2.20. The molecule has 0 aliphatic carbocycles. The van der Waals surface area contributed by atoms with Gasteiger partial charge in [-0.05, 0) is 18.6 Å². The van der Waals surface area contributed by atoms with Crippen LogP contribution >= 0.6 is 0 Å². The van der Waals surface area contributed by atoms with E-state index in [-0.39, 0.29) is 17.8 Å². The van der Waals surface area contributed by atoms with Crippen LogP contribution in [0.1, 0.15) is 29.3 Å². The summed E-state index contributed by atoms with van der Waals surface area (Å²) in [4.78, 5) is 21.1. The van der Waals surface area contributed by atoms with Gasteiger partial charge in [-0.15, -0.1) is 0 Å². The van der Waals surface area contributed by atoms with Gasteiger partial charge in [0.05, 0.1) is 5.56 Å². The van der Waals surface area contributed by atoms with E-state index in [2.05, 4.69) is 5.32 Å². The van der Waals surface area contributed by atoms with Crippen LogP contribution < -0.4 is 5.32 Å². The van der Waals surface area contributed by atoms with Crippen LogP contribution in [0.15, 0.2) is 18.2 Å². The fourth-order valence-corrected chi connectivity index (χ4v) is 1.36. The van der Waals surface area contributed by atoms with Crippen molar-refractivity contribution in [2.45, 2.75) is 13.3 Å². The molecule has 0 aromatic heterocycles.